The quantitative estimate of drug-likeness (QED) is 0.746. The van der Waals surface area contributed by atoms with Gasteiger partial charge in [0.25, 0.3) is 5.91 Å². The number of piperidine rings is 1. The van der Waals surface area contributed by atoms with Gasteiger partial charge in [0.1, 0.15) is 5.54 Å². The Morgan fingerprint density at radius 3 is 2.64 bits per heavy atom. The normalized spacial score (nSPS) is 24.1. The molecule has 0 saturated carbocycles. The number of anilines is 1. The molecule has 1 saturated heterocycles. The number of carbonyl (C=O) groups is 3. The second-order valence-electron chi connectivity index (χ2n) is 7.36. The van der Waals surface area contributed by atoms with Crippen molar-refractivity contribution in [1.29, 1.82) is 0 Å². The molecule has 2 aromatic carbocycles. The minimum atomic E-state index is -1.51. The molecule has 0 radical (unpaired) electrons. The van der Waals surface area contributed by atoms with Crippen LogP contribution < -0.4 is 10.6 Å². The minimum absolute atomic E-state index is 0.216. The minimum Gasteiger partial charge on any atom is -0.381 e. The molecule has 2 aliphatic heterocycles. The molecule has 7 nitrogen and oxygen atoms in total. The Morgan fingerprint density at radius 2 is 1.89 bits per heavy atom. The van der Waals surface area contributed by atoms with Crippen LogP contribution in [0.15, 0.2) is 48.5 Å². The molecule has 0 bridgehead atoms. The predicted molar refractivity (Wildman–Crippen MR) is 102 cm³/mol. The summed E-state index contributed by atoms with van der Waals surface area (Å²) in [5, 5.41) is 15.2. The fraction of sp³-hybridized carbons (Fsp3) is 0.286. The largest absolute Gasteiger partial charge is 0.381 e. The van der Waals surface area contributed by atoms with Gasteiger partial charge in [-0.05, 0) is 24.6 Å². The first-order valence-corrected chi connectivity index (χ1v) is 9.13. The number of benzene rings is 2. The van der Waals surface area contributed by atoms with Crippen LogP contribution in [0.3, 0.4) is 0 Å². The molecule has 2 unspecified atom stereocenters. The van der Waals surface area contributed by atoms with Gasteiger partial charge < -0.3 is 20.6 Å². The smallest absolute Gasteiger partial charge is 0.255 e. The maximum Gasteiger partial charge on any atom is 0.255 e. The van der Waals surface area contributed by atoms with Crippen LogP contribution in [-0.2, 0) is 22.7 Å². The molecule has 28 heavy (non-hydrogen) atoms. The highest BCUT2D eigenvalue weighted by Gasteiger charge is 2.51. The number of hydrogen-bond donors (Lipinski definition) is 3. The van der Waals surface area contributed by atoms with Crippen molar-refractivity contribution in [2.75, 3.05) is 5.32 Å². The second kappa shape index (κ2) is 6.76. The van der Waals surface area contributed by atoms with E-state index in [1.807, 2.05) is 36.4 Å². The number of amides is 2. The van der Waals surface area contributed by atoms with Crippen molar-refractivity contribution in [3.05, 3.63) is 65.2 Å². The van der Waals surface area contributed by atoms with Gasteiger partial charge in [-0.1, -0.05) is 36.4 Å². The molecule has 2 atom stereocenters. The molecule has 2 aromatic rings. The fourth-order valence-electron chi connectivity index (χ4n) is 3.78. The van der Waals surface area contributed by atoms with Crippen LogP contribution in [0.2, 0.25) is 0 Å². The number of nitrogens with zero attached hydrogens (tertiary/aromatic N) is 1. The molecule has 0 aliphatic carbocycles. The van der Waals surface area contributed by atoms with Gasteiger partial charge in [-0.2, -0.15) is 0 Å². The highest BCUT2D eigenvalue weighted by Crippen LogP contribution is 2.36. The number of fused-ring (bicyclic) bond motifs is 1. The summed E-state index contributed by atoms with van der Waals surface area (Å²) in [5.41, 5.74) is 1.92. The summed E-state index contributed by atoms with van der Waals surface area (Å²) in [6.07, 6.45) is -1.73. The number of ketones is 1. The molecule has 4 rings (SSSR count). The van der Waals surface area contributed by atoms with Gasteiger partial charge in [-0.3, -0.25) is 14.4 Å². The molecule has 0 spiro atoms. The second-order valence-corrected chi connectivity index (χ2v) is 7.36. The van der Waals surface area contributed by atoms with Gasteiger partial charge in [-0.15, -0.1) is 0 Å². The maximum absolute atomic E-state index is 13.0. The molecule has 2 aliphatic rings. The van der Waals surface area contributed by atoms with E-state index in [-0.39, 0.29) is 18.9 Å². The maximum atomic E-state index is 13.0. The standard InChI is InChI=1S/C21H21N3O4/c1-21(10-17(25)18(26)23-20(21)28)24-12-15-14(19(24)27)8-5-9-16(15)22-11-13-6-3-2-4-7-13/h2-9,18,22,26H,10-12H2,1H3,(H,23,28). The highest BCUT2D eigenvalue weighted by atomic mass is 16.3. The fourth-order valence-corrected chi connectivity index (χ4v) is 3.78. The van der Waals surface area contributed by atoms with Gasteiger partial charge >= 0.3 is 0 Å². The van der Waals surface area contributed by atoms with Crippen molar-refractivity contribution in [3.63, 3.8) is 0 Å². The van der Waals surface area contributed by atoms with E-state index in [1.165, 1.54) is 4.90 Å². The van der Waals surface area contributed by atoms with E-state index in [2.05, 4.69) is 10.6 Å². The summed E-state index contributed by atoms with van der Waals surface area (Å²) in [6, 6.07) is 15.3. The summed E-state index contributed by atoms with van der Waals surface area (Å²) in [7, 11) is 0. The lowest BCUT2D eigenvalue weighted by Crippen LogP contribution is -2.65. The molecule has 7 heteroatoms. The average molecular weight is 379 g/mol. The summed E-state index contributed by atoms with van der Waals surface area (Å²) in [6.45, 7) is 2.39. The molecule has 1 fully saturated rings. The number of rotatable bonds is 4. The van der Waals surface area contributed by atoms with E-state index < -0.39 is 23.5 Å². The van der Waals surface area contributed by atoms with Crippen molar-refractivity contribution >= 4 is 23.3 Å². The summed E-state index contributed by atoms with van der Waals surface area (Å²) in [5.74, 6) is -1.33. The zero-order chi connectivity index (χ0) is 19.9. The van der Waals surface area contributed by atoms with Crippen molar-refractivity contribution in [1.82, 2.24) is 10.2 Å². The van der Waals surface area contributed by atoms with Crippen LogP contribution in [0.4, 0.5) is 5.69 Å². The van der Waals surface area contributed by atoms with Crippen LogP contribution in [0.1, 0.15) is 34.8 Å². The van der Waals surface area contributed by atoms with Gasteiger partial charge in [0, 0.05) is 36.3 Å². The third kappa shape index (κ3) is 2.93. The summed E-state index contributed by atoms with van der Waals surface area (Å²) in [4.78, 5) is 38.9. The highest BCUT2D eigenvalue weighted by molar-refractivity contribution is 6.07. The summed E-state index contributed by atoms with van der Waals surface area (Å²) >= 11 is 0. The van der Waals surface area contributed by atoms with Gasteiger partial charge in [0.05, 0.1) is 0 Å². The van der Waals surface area contributed by atoms with Gasteiger partial charge in [-0.25, -0.2) is 0 Å². The molecule has 2 heterocycles. The number of nitrogens with one attached hydrogen (secondary N) is 2. The number of hydrogen-bond acceptors (Lipinski definition) is 5. The van der Waals surface area contributed by atoms with E-state index in [0.717, 1.165) is 16.8 Å². The first-order valence-electron chi connectivity index (χ1n) is 9.13. The van der Waals surface area contributed by atoms with E-state index in [4.69, 9.17) is 0 Å². The SMILES string of the molecule is CC1(N2Cc3c(NCc4ccccc4)cccc3C2=O)CC(=O)C(O)NC1=O. The molecular weight excluding hydrogens is 358 g/mol. The lowest BCUT2D eigenvalue weighted by Gasteiger charge is -2.40. The molecule has 2 amide bonds. The Balaban J connectivity index is 1.60. The molecule has 3 N–H and O–H groups in total. The predicted octanol–water partition coefficient (Wildman–Crippen LogP) is 1.42. The van der Waals surface area contributed by atoms with Crippen LogP contribution in [0, 0.1) is 0 Å². The van der Waals surface area contributed by atoms with E-state index in [9.17, 15) is 19.5 Å². The van der Waals surface area contributed by atoms with Crippen LogP contribution >= 0.6 is 0 Å². The van der Waals surface area contributed by atoms with E-state index in [1.54, 1.807) is 19.1 Å². The monoisotopic (exact) mass is 379 g/mol. The Morgan fingerprint density at radius 1 is 1.14 bits per heavy atom. The van der Waals surface area contributed by atoms with E-state index in [0.29, 0.717) is 12.1 Å². The molecular formula is C21H21N3O4. The van der Waals surface area contributed by atoms with Gasteiger partial charge in [0.15, 0.2) is 12.0 Å². The van der Waals surface area contributed by atoms with Crippen molar-refractivity contribution in [2.24, 2.45) is 0 Å². The van der Waals surface area contributed by atoms with Gasteiger partial charge in [0.2, 0.25) is 5.91 Å². The number of carbonyl (C=O) groups excluding carboxylic acids is 3. The third-order valence-electron chi connectivity index (χ3n) is 5.47. The van der Waals surface area contributed by atoms with Crippen LogP contribution in [-0.4, -0.2) is 39.4 Å². The number of Topliss-reactive ketones (excluding diaryl/α,β-unsaturated/α-hetero) is 1. The van der Waals surface area contributed by atoms with Crippen LogP contribution in [0.5, 0.6) is 0 Å². The zero-order valence-electron chi connectivity index (χ0n) is 15.4. The first kappa shape index (κ1) is 18.2. The molecule has 0 aromatic heterocycles. The Bertz CT molecular complexity index is 959. The molecule has 144 valence electrons. The van der Waals surface area contributed by atoms with Crippen LogP contribution in [0.25, 0.3) is 0 Å². The zero-order valence-corrected chi connectivity index (χ0v) is 15.4. The average Bonchev–Trinajstić information content (AvgIpc) is 3.04. The van der Waals surface area contributed by atoms with E-state index >= 15 is 0 Å². The van der Waals surface area contributed by atoms with Crippen molar-refractivity contribution in [2.45, 2.75) is 38.2 Å². The van der Waals surface area contributed by atoms with Crippen molar-refractivity contribution < 1.29 is 19.5 Å². The lowest BCUT2D eigenvalue weighted by molar-refractivity contribution is -0.150. The topological polar surface area (TPSA) is 98.7 Å². The van der Waals surface area contributed by atoms with Crippen molar-refractivity contribution in [3.8, 4) is 0 Å². The Hall–Kier alpha value is -3.19. The lowest BCUT2D eigenvalue weighted by atomic mass is 9.88. The number of aliphatic hydroxyl groups excluding tert-OH is 1. The number of aliphatic hydroxyl groups is 1. The summed E-state index contributed by atoms with van der Waals surface area (Å²) < 4.78 is 0. The first-order chi connectivity index (χ1) is 13.4. The Labute approximate surface area is 162 Å². The Kier molecular flexibility index (Phi) is 4.39. The third-order valence-corrected chi connectivity index (χ3v) is 5.47.